The molecule has 2 aliphatic rings. The number of carbonyl (C=O) groups excluding carboxylic acids is 2. The van der Waals surface area contributed by atoms with Gasteiger partial charge in [-0.2, -0.15) is 0 Å². The molecule has 2 amide bonds. The molecule has 1 aromatic rings. The van der Waals surface area contributed by atoms with E-state index < -0.39 is 12.0 Å². The summed E-state index contributed by atoms with van der Waals surface area (Å²) in [6, 6.07) is -0.707. The van der Waals surface area contributed by atoms with Gasteiger partial charge in [0.25, 0.3) is 0 Å². The molecule has 3 rings (SSSR count). The molecule has 0 unspecified atom stereocenters. The van der Waals surface area contributed by atoms with Crippen molar-refractivity contribution in [2.75, 3.05) is 38.6 Å². The zero-order valence-corrected chi connectivity index (χ0v) is 25.0. The van der Waals surface area contributed by atoms with Crippen LogP contribution in [0.2, 0.25) is 0 Å². The highest BCUT2D eigenvalue weighted by Gasteiger charge is 2.41. The number of anilines is 1. The van der Waals surface area contributed by atoms with Gasteiger partial charge in [-0.15, -0.1) is 11.3 Å². The zero-order valence-electron chi connectivity index (χ0n) is 24.2. The predicted octanol–water partition coefficient (Wildman–Crippen LogP) is 5.25. The van der Waals surface area contributed by atoms with Crippen LogP contribution in [0.5, 0.6) is 0 Å². The molecule has 2 heterocycles. The van der Waals surface area contributed by atoms with E-state index in [1.807, 2.05) is 51.6 Å². The fourth-order valence-electron chi connectivity index (χ4n) is 5.29. The maximum absolute atomic E-state index is 14.3. The highest BCUT2D eigenvalue weighted by atomic mass is 32.1. The Kier molecular flexibility index (Phi) is 10.0. The Hall–Kier alpha value is -2.37. The second-order valence-electron chi connectivity index (χ2n) is 12.3. The van der Waals surface area contributed by atoms with E-state index in [9.17, 15) is 19.5 Å². The van der Waals surface area contributed by atoms with Gasteiger partial charge in [-0.3, -0.25) is 14.5 Å². The highest BCUT2D eigenvalue weighted by Crippen LogP contribution is 2.40. The van der Waals surface area contributed by atoms with Crippen molar-refractivity contribution in [1.29, 1.82) is 0 Å². The Morgan fingerprint density at radius 1 is 1.11 bits per heavy atom. The van der Waals surface area contributed by atoms with E-state index in [4.69, 9.17) is 0 Å². The third-order valence-electron chi connectivity index (χ3n) is 7.58. The molecule has 1 atom stereocenters. The number of carboxylic acid groups (broad SMARTS) is 1. The molecule has 1 saturated heterocycles. The minimum absolute atomic E-state index is 0.0776. The minimum Gasteiger partial charge on any atom is -0.477 e. The van der Waals surface area contributed by atoms with E-state index >= 15 is 0 Å². The lowest BCUT2D eigenvalue weighted by Gasteiger charge is -2.37. The molecular weight excluding hydrogens is 498 g/mol. The molecule has 1 saturated carbocycles. The van der Waals surface area contributed by atoms with E-state index in [-0.39, 0.29) is 28.0 Å². The summed E-state index contributed by atoms with van der Waals surface area (Å²) in [5.41, 5.74) is 0.800. The van der Waals surface area contributed by atoms with Gasteiger partial charge in [-0.05, 0) is 92.7 Å². The monoisotopic (exact) mass is 543 g/mol. The average Bonchev–Trinajstić information content (AvgIpc) is 3.05. The topological polar surface area (TPSA) is 81.2 Å². The van der Waals surface area contributed by atoms with Crippen LogP contribution in [0.3, 0.4) is 0 Å². The average molecular weight is 544 g/mol. The number of aromatic carboxylic acids is 1. The van der Waals surface area contributed by atoms with E-state index in [0.717, 1.165) is 56.4 Å². The third-order valence-corrected chi connectivity index (χ3v) is 8.77. The minimum atomic E-state index is -1.09. The lowest BCUT2D eigenvalue weighted by Crippen LogP contribution is -2.53. The van der Waals surface area contributed by atoms with Crippen molar-refractivity contribution in [2.45, 2.75) is 85.6 Å². The summed E-state index contributed by atoms with van der Waals surface area (Å²) >= 11 is 1.11. The van der Waals surface area contributed by atoms with Crippen molar-refractivity contribution in [3.8, 4) is 11.8 Å². The van der Waals surface area contributed by atoms with Crippen molar-refractivity contribution in [1.82, 2.24) is 9.80 Å². The second-order valence-corrected chi connectivity index (χ2v) is 13.4. The first kappa shape index (κ1) is 30.2. The third kappa shape index (κ3) is 7.39. The molecule has 0 bridgehead atoms. The smallest absolute Gasteiger partial charge is 0.348 e. The molecule has 0 spiro atoms. The number of likely N-dealkylation sites (tertiary alicyclic amines) is 1. The fraction of sp³-hybridized carbons (Fsp3) is 0.700. The standard InChI is InChI=1S/C30H45N3O4S/c1-20-11-13-22(14-12-20)27(34)33(23-10-8-9-17-32(28(23)35)19-18-31(6)7)25-21(2)24(15-16-30(3,4)5)38-26(25)29(36)37/h20,22-23H,8-14,17-19H2,1-7H3,(H,36,37)/t20?,22?,23-/m0/s1. The van der Waals surface area contributed by atoms with E-state index in [0.29, 0.717) is 41.6 Å². The lowest BCUT2D eigenvalue weighted by molar-refractivity contribution is -0.135. The molecule has 38 heavy (non-hydrogen) atoms. The summed E-state index contributed by atoms with van der Waals surface area (Å²) in [5.74, 6) is 5.49. The molecule has 8 heteroatoms. The van der Waals surface area contributed by atoms with Gasteiger partial charge in [0, 0.05) is 36.5 Å². The fourth-order valence-corrected chi connectivity index (χ4v) is 6.29. The largest absolute Gasteiger partial charge is 0.477 e. The van der Waals surface area contributed by atoms with Gasteiger partial charge in [0.15, 0.2) is 0 Å². The summed E-state index contributed by atoms with van der Waals surface area (Å²) in [6.07, 6.45) is 5.68. The SMILES string of the molecule is Cc1c(C#CC(C)(C)C)sc(C(=O)O)c1N(C(=O)C1CCC(C)CC1)[C@H]1CCCCN(CCN(C)C)C1=O. The first-order chi connectivity index (χ1) is 17.8. The molecule has 2 fully saturated rings. The van der Waals surface area contributed by atoms with Gasteiger partial charge in [-0.1, -0.05) is 18.8 Å². The van der Waals surface area contributed by atoms with Crippen LogP contribution >= 0.6 is 11.3 Å². The Morgan fingerprint density at radius 2 is 1.76 bits per heavy atom. The molecule has 7 nitrogen and oxygen atoms in total. The molecule has 210 valence electrons. The number of hydrogen-bond donors (Lipinski definition) is 1. The van der Waals surface area contributed by atoms with E-state index in [2.05, 4.69) is 18.8 Å². The molecule has 1 aromatic heterocycles. The zero-order chi connectivity index (χ0) is 28.2. The first-order valence-corrected chi connectivity index (χ1v) is 14.8. The van der Waals surface area contributed by atoms with Crippen LogP contribution in [-0.4, -0.2) is 72.5 Å². The molecule has 0 radical (unpaired) electrons. The molecule has 0 aromatic carbocycles. The number of carbonyl (C=O) groups is 3. The molecule has 1 aliphatic carbocycles. The van der Waals surface area contributed by atoms with Gasteiger partial charge in [0.05, 0.1) is 10.6 Å². The van der Waals surface area contributed by atoms with Crippen molar-refractivity contribution < 1.29 is 19.5 Å². The Balaban J connectivity index is 2.14. The number of thiophene rings is 1. The van der Waals surface area contributed by atoms with Crippen LogP contribution in [0.25, 0.3) is 0 Å². The summed E-state index contributed by atoms with van der Waals surface area (Å²) in [7, 11) is 3.96. The maximum atomic E-state index is 14.3. The number of carboxylic acids is 1. The Labute approximate surface area is 232 Å². The molecule has 1 aliphatic heterocycles. The van der Waals surface area contributed by atoms with Crippen LogP contribution in [0.15, 0.2) is 0 Å². The van der Waals surface area contributed by atoms with Crippen molar-refractivity contribution in [2.24, 2.45) is 17.3 Å². The molecule has 1 N–H and O–H groups in total. The highest BCUT2D eigenvalue weighted by molar-refractivity contribution is 7.15. The van der Waals surface area contributed by atoms with E-state index in [1.165, 1.54) is 0 Å². The first-order valence-electron chi connectivity index (χ1n) is 14.0. The summed E-state index contributed by atoms with van der Waals surface area (Å²) in [4.78, 5) is 47.1. The normalized spacial score (nSPS) is 22.6. The number of hydrogen-bond acceptors (Lipinski definition) is 5. The maximum Gasteiger partial charge on any atom is 0.348 e. The lowest BCUT2D eigenvalue weighted by atomic mass is 9.82. The number of nitrogens with zero attached hydrogens (tertiary/aromatic N) is 3. The van der Waals surface area contributed by atoms with Gasteiger partial charge in [0.1, 0.15) is 10.9 Å². The van der Waals surface area contributed by atoms with Gasteiger partial charge in [-0.25, -0.2) is 4.79 Å². The summed E-state index contributed by atoms with van der Waals surface area (Å²) < 4.78 is 0. The van der Waals surface area contributed by atoms with Gasteiger partial charge in [0.2, 0.25) is 11.8 Å². The Bertz CT molecular complexity index is 1080. The number of likely N-dealkylation sites (N-methyl/N-ethyl adjacent to an activating group) is 1. The van der Waals surface area contributed by atoms with Crippen LogP contribution in [0.1, 0.15) is 92.8 Å². The van der Waals surface area contributed by atoms with E-state index in [1.54, 1.807) is 4.90 Å². The van der Waals surface area contributed by atoms with Crippen molar-refractivity contribution in [3.05, 3.63) is 15.3 Å². The Morgan fingerprint density at radius 3 is 2.34 bits per heavy atom. The van der Waals surface area contributed by atoms with Crippen LogP contribution in [-0.2, 0) is 9.59 Å². The quantitative estimate of drug-likeness (QED) is 0.475. The van der Waals surface area contributed by atoms with Crippen molar-refractivity contribution in [3.63, 3.8) is 0 Å². The van der Waals surface area contributed by atoms with Gasteiger partial charge >= 0.3 is 5.97 Å². The number of rotatable bonds is 7. The summed E-state index contributed by atoms with van der Waals surface area (Å²) in [5, 5.41) is 10.2. The molecular formula is C30H45N3O4S. The van der Waals surface area contributed by atoms with Gasteiger partial charge < -0.3 is 14.9 Å². The van der Waals surface area contributed by atoms with Crippen LogP contribution in [0.4, 0.5) is 5.69 Å². The van der Waals surface area contributed by atoms with Crippen molar-refractivity contribution >= 4 is 34.8 Å². The summed E-state index contributed by atoms with van der Waals surface area (Å²) in [6.45, 7) is 12.1. The number of amides is 2. The van der Waals surface area contributed by atoms with Crippen LogP contribution in [0, 0.1) is 36.0 Å². The predicted molar refractivity (Wildman–Crippen MR) is 154 cm³/mol. The van der Waals surface area contributed by atoms with Crippen LogP contribution < -0.4 is 4.90 Å². The second kappa shape index (κ2) is 12.7.